The molecule has 1 fully saturated rings. The summed E-state index contributed by atoms with van der Waals surface area (Å²) in [7, 11) is 0. The second-order valence-corrected chi connectivity index (χ2v) is 6.16. The van der Waals surface area contributed by atoms with E-state index in [-0.39, 0.29) is 18.3 Å². The Kier molecular flexibility index (Phi) is 9.95. The summed E-state index contributed by atoms with van der Waals surface area (Å²) in [6.45, 7) is 5.75. The molecule has 24 heavy (non-hydrogen) atoms. The Labute approximate surface area is 150 Å². The predicted molar refractivity (Wildman–Crippen MR) is 97.3 cm³/mol. The van der Waals surface area contributed by atoms with E-state index in [1.54, 1.807) is 0 Å². The standard InChI is InChI=1S/C18H28N2O3.ClH/c1-14-3-5-16(6-4-14)17(19)18(21)20-9-2-10-23-13-15-7-11-22-12-8-15;/h3-6,15,17H,2,7-13,19H2,1H3,(H,20,21);1H. The molecule has 1 aliphatic heterocycles. The van der Waals surface area contributed by atoms with Gasteiger partial charge in [-0.1, -0.05) is 29.8 Å². The van der Waals surface area contributed by atoms with Gasteiger partial charge in [0.25, 0.3) is 0 Å². The van der Waals surface area contributed by atoms with Gasteiger partial charge in [0, 0.05) is 33.0 Å². The molecule has 0 radical (unpaired) electrons. The zero-order valence-electron chi connectivity index (χ0n) is 14.3. The van der Waals surface area contributed by atoms with Gasteiger partial charge in [-0.2, -0.15) is 0 Å². The van der Waals surface area contributed by atoms with Crippen molar-refractivity contribution in [2.45, 2.75) is 32.2 Å². The van der Waals surface area contributed by atoms with Gasteiger partial charge in [-0.05, 0) is 37.7 Å². The van der Waals surface area contributed by atoms with Crippen LogP contribution in [0.1, 0.15) is 36.4 Å². The summed E-state index contributed by atoms with van der Waals surface area (Å²) in [4.78, 5) is 12.0. The van der Waals surface area contributed by atoms with E-state index >= 15 is 0 Å². The second-order valence-electron chi connectivity index (χ2n) is 6.16. The van der Waals surface area contributed by atoms with Gasteiger partial charge in [0.1, 0.15) is 6.04 Å². The van der Waals surface area contributed by atoms with Gasteiger partial charge in [0.05, 0.1) is 0 Å². The van der Waals surface area contributed by atoms with Crippen molar-refractivity contribution in [1.82, 2.24) is 5.32 Å². The van der Waals surface area contributed by atoms with Crippen molar-refractivity contribution in [2.75, 3.05) is 33.0 Å². The number of carbonyl (C=O) groups is 1. The van der Waals surface area contributed by atoms with Crippen molar-refractivity contribution < 1.29 is 14.3 Å². The SMILES string of the molecule is Cc1ccc(C(N)C(=O)NCCCOCC2CCOCC2)cc1.Cl. The molecule has 1 amide bonds. The van der Waals surface area contributed by atoms with E-state index in [1.165, 1.54) is 0 Å². The summed E-state index contributed by atoms with van der Waals surface area (Å²) in [6.07, 6.45) is 2.97. The van der Waals surface area contributed by atoms with Gasteiger partial charge < -0.3 is 20.5 Å². The Morgan fingerprint density at radius 1 is 1.33 bits per heavy atom. The van der Waals surface area contributed by atoms with Crippen molar-refractivity contribution in [3.8, 4) is 0 Å². The highest BCUT2D eigenvalue weighted by molar-refractivity contribution is 5.85. The number of carbonyl (C=O) groups excluding carboxylic acids is 1. The third-order valence-corrected chi connectivity index (χ3v) is 4.18. The molecule has 136 valence electrons. The summed E-state index contributed by atoms with van der Waals surface area (Å²) in [5.41, 5.74) is 7.96. The number of ether oxygens (including phenoxy) is 2. The average Bonchev–Trinajstić information content (AvgIpc) is 2.58. The molecule has 0 aromatic heterocycles. The van der Waals surface area contributed by atoms with Crippen molar-refractivity contribution in [3.05, 3.63) is 35.4 Å². The maximum Gasteiger partial charge on any atom is 0.241 e. The van der Waals surface area contributed by atoms with Gasteiger partial charge in [-0.15, -0.1) is 12.4 Å². The first-order chi connectivity index (χ1) is 11.2. The molecule has 1 saturated heterocycles. The van der Waals surface area contributed by atoms with Crippen LogP contribution in [-0.4, -0.2) is 38.9 Å². The summed E-state index contributed by atoms with van der Waals surface area (Å²) in [5, 5.41) is 2.87. The zero-order valence-corrected chi connectivity index (χ0v) is 15.1. The lowest BCUT2D eigenvalue weighted by Gasteiger charge is -2.21. The van der Waals surface area contributed by atoms with Crippen molar-refractivity contribution in [3.63, 3.8) is 0 Å². The minimum atomic E-state index is -0.612. The summed E-state index contributed by atoms with van der Waals surface area (Å²) < 4.78 is 11.0. The van der Waals surface area contributed by atoms with E-state index in [0.29, 0.717) is 19.1 Å². The molecule has 1 aliphatic rings. The molecule has 1 aromatic carbocycles. The molecule has 5 nitrogen and oxygen atoms in total. The van der Waals surface area contributed by atoms with E-state index in [4.69, 9.17) is 15.2 Å². The van der Waals surface area contributed by atoms with Gasteiger partial charge in [0.15, 0.2) is 0 Å². The van der Waals surface area contributed by atoms with E-state index in [1.807, 2.05) is 31.2 Å². The lowest BCUT2D eigenvalue weighted by molar-refractivity contribution is -0.122. The highest BCUT2D eigenvalue weighted by Crippen LogP contribution is 2.14. The van der Waals surface area contributed by atoms with E-state index in [9.17, 15) is 4.79 Å². The molecule has 2 rings (SSSR count). The van der Waals surface area contributed by atoms with Crippen molar-refractivity contribution in [1.29, 1.82) is 0 Å². The smallest absolute Gasteiger partial charge is 0.241 e. The Morgan fingerprint density at radius 3 is 2.67 bits per heavy atom. The number of nitrogens with two attached hydrogens (primary N) is 1. The fraction of sp³-hybridized carbons (Fsp3) is 0.611. The molecule has 3 N–H and O–H groups in total. The molecular formula is C18H29ClN2O3. The molecule has 6 heteroatoms. The van der Waals surface area contributed by atoms with Crippen LogP contribution in [0.3, 0.4) is 0 Å². The number of nitrogens with one attached hydrogen (secondary N) is 1. The molecular weight excluding hydrogens is 328 g/mol. The first-order valence-corrected chi connectivity index (χ1v) is 8.42. The maximum atomic E-state index is 12.0. The van der Waals surface area contributed by atoms with Crippen molar-refractivity contribution >= 4 is 18.3 Å². The van der Waals surface area contributed by atoms with Crippen molar-refractivity contribution in [2.24, 2.45) is 11.7 Å². The second kappa shape index (κ2) is 11.4. The minimum absolute atomic E-state index is 0. The zero-order chi connectivity index (χ0) is 16.5. The molecule has 0 bridgehead atoms. The fourth-order valence-corrected chi connectivity index (χ4v) is 2.58. The van der Waals surface area contributed by atoms with Crippen LogP contribution >= 0.6 is 12.4 Å². The first kappa shape index (κ1) is 20.9. The number of halogens is 1. The number of amides is 1. The number of aryl methyl sites for hydroxylation is 1. The molecule has 1 heterocycles. The van der Waals surface area contributed by atoms with Crippen LogP contribution in [0.15, 0.2) is 24.3 Å². The third-order valence-electron chi connectivity index (χ3n) is 4.18. The predicted octanol–water partition coefficient (Wildman–Crippen LogP) is 2.37. The van der Waals surface area contributed by atoms with Crippen LogP contribution in [0.4, 0.5) is 0 Å². The Balaban J connectivity index is 0.00000288. The highest BCUT2D eigenvalue weighted by Gasteiger charge is 2.15. The highest BCUT2D eigenvalue weighted by atomic mass is 35.5. The van der Waals surface area contributed by atoms with Crippen LogP contribution in [0.5, 0.6) is 0 Å². The summed E-state index contributed by atoms with van der Waals surface area (Å²) >= 11 is 0. The van der Waals surface area contributed by atoms with Gasteiger partial charge in [0.2, 0.25) is 5.91 Å². The fourth-order valence-electron chi connectivity index (χ4n) is 2.58. The van der Waals surface area contributed by atoms with Crippen LogP contribution < -0.4 is 11.1 Å². The maximum absolute atomic E-state index is 12.0. The van der Waals surface area contributed by atoms with E-state index < -0.39 is 6.04 Å². The normalized spacial score (nSPS) is 16.2. The number of benzene rings is 1. The van der Waals surface area contributed by atoms with Gasteiger partial charge >= 0.3 is 0 Å². The quantitative estimate of drug-likeness (QED) is 0.701. The number of hydrogen-bond donors (Lipinski definition) is 2. The van der Waals surface area contributed by atoms with Gasteiger partial charge in [-0.25, -0.2) is 0 Å². The Morgan fingerprint density at radius 2 is 2.00 bits per heavy atom. The lowest BCUT2D eigenvalue weighted by Crippen LogP contribution is -2.35. The Bertz CT molecular complexity index is 476. The molecule has 1 atom stereocenters. The summed E-state index contributed by atoms with van der Waals surface area (Å²) in [5.74, 6) is 0.478. The first-order valence-electron chi connectivity index (χ1n) is 8.42. The van der Waals surface area contributed by atoms with Crippen LogP contribution in [0, 0.1) is 12.8 Å². The van der Waals surface area contributed by atoms with E-state index in [0.717, 1.165) is 50.2 Å². The molecule has 0 aliphatic carbocycles. The molecule has 1 unspecified atom stereocenters. The third kappa shape index (κ3) is 7.18. The Hall–Kier alpha value is -1.14. The largest absolute Gasteiger partial charge is 0.381 e. The molecule has 1 aromatic rings. The van der Waals surface area contributed by atoms with Crippen LogP contribution in [0.2, 0.25) is 0 Å². The topological polar surface area (TPSA) is 73.6 Å². The minimum Gasteiger partial charge on any atom is -0.381 e. The average molecular weight is 357 g/mol. The number of hydrogen-bond acceptors (Lipinski definition) is 4. The molecule has 0 saturated carbocycles. The summed E-state index contributed by atoms with van der Waals surface area (Å²) in [6, 6.07) is 7.12. The number of rotatable bonds is 8. The molecule has 0 spiro atoms. The lowest BCUT2D eigenvalue weighted by atomic mass is 10.0. The van der Waals surface area contributed by atoms with E-state index in [2.05, 4.69) is 5.32 Å². The van der Waals surface area contributed by atoms with Crippen LogP contribution in [-0.2, 0) is 14.3 Å². The van der Waals surface area contributed by atoms with Crippen LogP contribution in [0.25, 0.3) is 0 Å². The monoisotopic (exact) mass is 356 g/mol. The van der Waals surface area contributed by atoms with Gasteiger partial charge in [-0.3, -0.25) is 4.79 Å².